The Morgan fingerprint density at radius 2 is 0.785 bits per heavy atom. The normalized spacial score (nSPS) is 11.7. The van der Waals surface area contributed by atoms with Crippen LogP contribution in [-0.4, -0.2) is 4.57 Å². The summed E-state index contributed by atoms with van der Waals surface area (Å²) in [6, 6.07) is 86.5. The van der Waals surface area contributed by atoms with Crippen molar-refractivity contribution < 1.29 is 0 Å². The van der Waals surface area contributed by atoms with E-state index in [0.29, 0.717) is 0 Å². The Morgan fingerprint density at radius 1 is 0.292 bits per heavy atom. The second-order valence-corrected chi connectivity index (χ2v) is 18.7. The quantitative estimate of drug-likeness (QED) is 0.151. The van der Waals surface area contributed by atoms with Crippen LogP contribution in [0.1, 0.15) is 0 Å². The maximum absolute atomic E-state index is 2.48. The molecular formula is C60H39N3S2. The lowest BCUT2D eigenvalue weighted by Crippen LogP contribution is -2.13. The predicted molar refractivity (Wildman–Crippen MR) is 281 cm³/mol. The molecule has 0 unspecified atom stereocenters. The van der Waals surface area contributed by atoms with Crippen molar-refractivity contribution in [2.24, 2.45) is 0 Å². The van der Waals surface area contributed by atoms with E-state index in [1.807, 2.05) is 22.7 Å². The van der Waals surface area contributed by atoms with Crippen molar-refractivity contribution in [1.82, 2.24) is 4.57 Å². The monoisotopic (exact) mass is 865 g/mol. The summed E-state index contributed by atoms with van der Waals surface area (Å²) in [4.78, 5) is 4.83. The lowest BCUT2D eigenvalue weighted by Gasteiger charge is -2.30. The smallest absolute Gasteiger partial charge is 0.0562 e. The fraction of sp³-hybridized carbons (Fsp3) is 0. The van der Waals surface area contributed by atoms with Gasteiger partial charge in [-0.15, -0.1) is 22.7 Å². The zero-order chi connectivity index (χ0) is 42.8. The topological polar surface area (TPSA) is 11.4 Å². The summed E-state index contributed by atoms with van der Waals surface area (Å²) in [5, 5.41) is 7.55. The second-order valence-electron chi connectivity index (χ2n) is 16.5. The molecule has 13 aromatic rings. The summed E-state index contributed by atoms with van der Waals surface area (Å²) in [6.07, 6.45) is 0. The highest BCUT2D eigenvalue weighted by atomic mass is 32.1. The molecular weight excluding hydrogens is 827 g/mol. The van der Waals surface area contributed by atoms with Crippen LogP contribution in [0, 0.1) is 0 Å². The van der Waals surface area contributed by atoms with Gasteiger partial charge < -0.3 is 14.4 Å². The number of anilines is 6. The van der Waals surface area contributed by atoms with Crippen LogP contribution in [-0.2, 0) is 0 Å². The van der Waals surface area contributed by atoms with Crippen molar-refractivity contribution in [1.29, 1.82) is 0 Å². The third-order valence-corrected chi connectivity index (χ3v) is 15.0. The summed E-state index contributed by atoms with van der Waals surface area (Å²) < 4.78 is 7.64. The molecule has 0 fully saturated rings. The van der Waals surface area contributed by atoms with Crippen molar-refractivity contribution >= 4 is 119 Å². The van der Waals surface area contributed by atoms with Gasteiger partial charge in [0.1, 0.15) is 0 Å². The zero-order valence-electron chi connectivity index (χ0n) is 35.2. The van der Waals surface area contributed by atoms with E-state index in [2.05, 4.69) is 251 Å². The third-order valence-electron chi connectivity index (χ3n) is 12.7. The number of fused-ring (bicyclic) bond motifs is 9. The van der Waals surface area contributed by atoms with Crippen LogP contribution < -0.4 is 9.80 Å². The van der Waals surface area contributed by atoms with Crippen LogP contribution in [0.4, 0.5) is 34.1 Å². The minimum atomic E-state index is 1.07. The van der Waals surface area contributed by atoms with Gasteiger partial charge in [-0.25, -0.2) is 0 Å². The van der Waals surface area contributed by atoms with Crippen LogP contribution >= 0.6 is 22.7 Å². The average molecular weight is 866 g/mol. The molecule has 0 aliphatic rings. The molecule has 13 rings (SSSR count). The Balaban J connectivity index is 1.08. The van der Waals surface area contributed by atoms with E-state index in [1.54, 1.807) is 0 Å². The summed E-state index contributed by atoms with van der Waals surface area (Å²) in [5.74, 6) is 0. The fourth-order valence-electron chi connectivity index (χ4n) is 9.83. The highest BCUT2D eigenvalue weighted by molar-refractivity contribution is 7.26. The van der Waals surface area contributed by atoms with Crippen LogP contribution in [0.25, 0.3) is 79.0 Å². The van der Waals surface area contributed by atoms with Crippen molar-refractivity contribution in [2.75, 3.05) is 9.80 Å². The van der Waals surface area contributed by atoms with Gasteiger partial charge in [0, 0.05) is 85.2 Å². The van der Waals surface area contributed by atoms with Gasteiger partial charge in [0.25, 0.3) is 0 Å². The van der Waals surface area contributed by atoms with Crippen molar-refractivity contribution in [3.63, 3.8) is 0 Å². The Labute approximate surface area is 384 Å². The molecule has 3 aromatic heterocycles. The van der Waals surface area contributed by atoms with E-state index in [4.69, 9.17) is 0 Å². The molecule has 0 amide bonds. The van der Waals surface area contributed by atoms with Gasteiger partial charge in [-0.2, -0.15) is 0 Å². The lowest BCUT2D eigenvalue weighted by atomic mass is 10.00. The molecule has 306 valence electrons. The number of aromatic nitrogens is 1. The highest BCUT2D eigenvalue weighted by Crippen LogP contribution is 2.48. The fourth-order valence-corrected chi connectivity index (χ4v) is 12.0. The lowest BCUT2D eigenvalue weighted by molar-refractivity contribution is 1.18. The minimum absolute atomic E-state index is 1.07. The molecule has 0 N–H and O–H groups in total. The maximum atomic E-state index is 2.48. The first-order valence-electron chi connectivity index (χ1n) is 22.0. The minimum Gasteiger partial charge on any atom is -0.310 e. The molecule has 0 saturated heterocycles. The van der Waals surface area contributed by atoms with Gasteiger partial charge in [0.2, 0.25) is 0 Å². The van der Waals surface area contributed by atoms with E-state index in [-0.39, 0.29) is 0 Å². The first-order chi connectivity index (χ1) is 32.2. The molecule has 0 saturated carbocycles. The third kappa shape index (κ3) is 6.31. The molecule has 0 aliphatic heterocycles. The van der Waals surface area contributed by atoms with E-state index in [1.165, 1.54) is 62.2 Å². The summed E-state index contributed by atoms with van der Waals surface area (Å²) in [6.45, 7) is 0. The van der Waals surface area contributed by atoms with Gasteiger partial charge in [-0.3, -0.25) is 0 Å². The molecule has 65 heavy (non-hydrogen) atoms. The van der Waals surface area contributed by atoms with E-state index in [0.717, 1.165) is 50.8 Å². The van der Waals surface area contributed by atoms with Gasteiger partial charge in [0.15, 0.2) is 0 Å². The molecule has 3 nitrogen and oxygen atoms in total. The van der Waals surface area contributed by atoms with Crippen LogP contribution in [0.3, 0.4) is 0 Å². The molecule has 3 heterocycles. The Bertz CT molecular complexity index is 3860. The Morgan fingerprint density at radius 3 is 1.46 bits per heavy atom. The van der Waals surface area contributed by atoms with Gasteiger partial charge in [-0.1, -0.05) is 115 Å². The SMILES string of the molecule is c1ccc(N(c2ccccc2)c2cccc(N(c3ccc4sc5ccccc5c4c3)c3cccc4c3c3cc(-c5ccc6sc7ccccc7c6c5)ccc3n4-c3ccccc3)c2)cc1. The van der Waals surface area contributed by atoms with Crippen molar-refractivity contribution in [2.45, 2.75) is 0 Å². The largest absolute Gasteiger partial charge is 0.310 e. The molecule has 5 heteroatoms. The number of hydrogen-bond donors (Lipinski definition) is 0. The summed E-state index contributed by atoms with van der Waals surface area (Å²) in [7, 11) is 0. The molecule has 0 radical (unpaired) electrons. The van der Waals surface area contributed by atoms with E-state index < -0.39 is 0 Å². The first kappa shape index (κ1) is 37.6. The van der Waals surface area contributed by atoms with Crippen LogP contribution in [0.15, 0.2) is 237 Å². The molecule has 0 bridgehead atoms. The average Bonchev–Trinajstić information content (AvgIpc) is 4.04. The molecule has 0 atom stereocenters. The predicted octanol–water partition coefficient (Wildman–Crippen LogP) is 18.1. The molecule has 0 aliphatic carbocycles. The van der Waals surface area contributed by atoms with Gasteiger partial charge >= 0.3 is 0 Å². The standard InChI is InChI=1S/C60H39N3S2/c1-4-16-42(17-5-1)61(43-18-6-2-7-19-43)45-22-14-23-46(38-45)62(47-32-35-59-51(39-47)49-25-11-13-29-57(49)65-59)54-26-15-27-55-60(54)52-37-40(30-33-53(52)63(55)44-20-8-3-9-21-44)41-31-34-58-50(36-41)48-24-10-12-28-56(48)64-58/h1-39H. The number of nitrogens with zero attached hydrogens (tertiary/aromatic N) is 3. The number of benzene rings is 10. The Kier molecular flexibility index (Phi) is 8.90. The van der Waals surface area contributed by atoms with Gasteiger partial charge in [0.05, 0.1) is 16.7 Å². The number of hydrogen-bond acceptors (Lipinski definition) is 4. The first-order valence-corrected chi connectivity index (χ1v) is 23.6. The molecule has 0 spiro atoms. The molecule has 10 aromatic carbocycles. The summed E-state index contributed by atoms with van der Waals surface area (Å²) in [5.41, 5.74) is 12.4. The second kappa shape index (κ2) is 15.4. The van der Waals surface area contributed by atoms with E-state index in [9.17, 15) is 0 Å². The maximum Gasteiger partial charge on any atom is 0.0562 e. The number of thiophene rings is 2. The van der Waals surface area contributed by atoms with Crippen molar-refractivity contribution in [3.05, 3.63) is 237 Å². The van der Waals surface area contributed by atoms with Crippen molar-refractivity contribution in [3.8, 4) is 16.8 Å². The van der Waals surface area contributed by atoms with E-state index >= 15 is 0 Å². The Hall–Kier alpha value is -7.96. The number of rotatable bonds is 8. The number of para-hydroxylation sites is 3. The summed E-state index contributed by atoms with van der Waals surface area (Å²) >= 11 is 3.72. The van der Waals surface area contributed by atoms with Crippen LogP contribution in [0.2, 0.25) is 0 Å². The van der Waals surface area contributed by atoms with Crippen LogP contribution in [0.5, 0.6) is 0 Å². The highest BCUT2D eigenvalue weighted by Gasteiger charge is 2.24. The van der Waals surface area contributed by atoms with Gasteiger partial charge in [-0.05, 0) is 132 Å². The zero-order valence-corrected chi connectivity index (χ0v) is 36.8.